The summed E-state index contributed by atoms with van der Waals surface area (Å²) in [6, 6.07) is 2.10. The predicted octanol–water partition coefficient (Wildman–Crippen LogP) is 0.178. The van der Waals surface area contributed by atoms with Crippen molar-refractivity contribution in [2.24, 2.45) is 0 Å². The Hall–Kier alpha value is -2.44. The maximum absolute atomic E-state index is 12.1. The van der Waals surface area contributed by atoms with Crippen LogP contribution in [-0.2, 0) is 4.79 Å². The van der Waals surface area contributed by atoms with Crippen LogP contribution in [-0.4, -0.2) is 40.5 Å². The molecule has 7 nitrogen and oxygen atoms in total. The van der Waals surface area contributed by atoms with Crippen LogP contribution in [0.2, 0.25) is 0 Å². The number of nitrogens with zero attached hydrogens (tertiary/aromatic N) is 1. The highest BCUT2D eigenvalue weighted by atomic mass is 16.4. The van der Waals surface area contributed by atoms with Crippen LogP contribution in [0.3, 0.4) is 0 Å². The Balaban J connectivity index is 2.15. The van der Waals surface area contributed by atoms with Gasteiger partial charge in [-0.2, -0.15) is 0 Å². The Morgan fingerprint density at radius 3 is 2.95 bits per heavy atom. The molecule has 7 heteroatoms. The van der Waals surface area contributed by atoms with Gasteiger partial charge in [-0.05, 0) is 31.4 Å². The molecule has 0 aromatic carbocycles. The lowest BCUT2D eigenvalue weighted by Crippen LogP contribution is -2.46. The summed E-state index contributed by atoms with van der Waals surface area (Å²) in [6.45, 7) is 0.592. The first-order valence-electron chi connectivity index (χ1n) is 6.36. The average Bonchev–Trinajstić information content (AvgIpc) is 2.64. The fourth-order valence-corrected chi connectivity index (χ4v) is 2.06. The summed E-state index contributed by atoms with van der Waals surface area (Å²) < 4.78 is 0. The molecule has 1 atom stereocenters. The molecule has 1 saturated heterocycles. The van der Waals surface area contributed by atoms with Gasteiger partial charge in [-0.1, -0.05) is 0 Å². The van der Waals surface area contributed by atoms with E-state index in [4.69, 9.17) is 5.11 Å². The maximum Gasteiger partial charge on any atom is 0.338 e. The number of aromatic nitrogens is 1. The van der Waals surface area contributed by atoms with Gasteiger partial charge in [-0.15, -0.1) is 0 Å². The second-order valence-corrected chi connectivity index (χ2v) is 4.52. The highest BCUT2D eigenvalue weighted by Crippen LogP contribution is 2.09. The van der Waals surface area contributed by atoms with Crippen molar-refractivity contribution in [3.63, 3.8) is 0 Å². The number of hydrogen-bond donors (Lipinski definition) is 3. The molecule has 2 amide bonds. The third-order valence-corrected chi connectivity index (χ3v) is 3.09. The van der Waals surface area contributed by atoms with Crippen LogP contribution in [0.4, 0.5) is 0 Å². The van der Waals surface area contributed by atoms with Gasteiger partial charge >= 0.3 is 5.97 Å². The Bertz CT molecular complexity index is 544. The molecular weight excluding hydrogens is 262 g/mol. The zero-order valence-corrected chi connectivity index (χ0v) is 10.8. The molecule has 1 aromatic rings. The largest absolute Gasteiger partial charge is 0.478 e. The SMILES string of the molecule is O=C(O)c1cccnc1C(=O)NC1CCCCNC1=O. The molecule has 106 valence electrons. The third-order valence-electron chi connectivity index (χ3n) is 3.09. The molecule has 0 spiro atoms. The number of carbonyl (C=O) groups excluding carboxylic acids is 2. The van der Waals surface area contributed by atoms with E-state index >= 15 is 0 Å². The molecule has 2 rings (SSSR count). The molecule has 1 fully saturated rings. The van der Waals surface area contributed by atoms with E-state index in [1.54, 1.807) is 0 Å². The van der Waals surface area contributed by atoms with Gasteiger partial charge in [0, 0.05) is 12.7 Å². The predicted molar refractivity (Wildman–Crippen MR) is 69.3 cm³/mol. The lowest BCUT2D eigenvalue weighted by molar-refractivity contribution is -0.122. The Kier molecular flexibility index (Phi) is 4.29. The van der Waals surface area contributed by atoms with Gasteiger partial charge in [0.2, 0.25) is 5.91 Å². The molecule has 0 bridgehead atoms. The number of carboxylic acid groups (broad SMARTS) is 1. The molecule has 1 aromatic heterocycles. The Morgan fingerprint density at radius 1 is 1.40 bits per heavy atom. The standard InChI is InChI=1S/C13H15N3O4/c17-11-9(5-1-2-6-15-11)16-12(18)10-8(13(19)20)4-3-7-14-10/h3-4,7,9H,1-2,5-6H2,(H,15,17)(H,16,18)(H,19,20). The van der Waals surface area contributed by atoms with Crippen LogP contribution < -0.4 is 10.6 Å². The van der Waals surface area contributed by atoms with E-state index in [0.29, 0.717) is 13.0 Å². The number of pyridine rings is 1. The second kappa shape index (κ2) is 6.14. The van der Waals surface area contributed by atoms with Crippen molar-refractivity contribution in [3.8, 4) is 0 Å². The van der Waals surface area contributed by atoms with Crippen LogP contribution in [0.5, 0.6) is 0 Å². The molecular formula is C13H15N3O4. The minimum atomic E-state index is -1.23. The smallest absolute Gasteiger partial charge is 0.338 e. The summed E-state index contributed by atoms with van der Waals surface area (Å²) >= 11 is 0. The number of aromatic carboxylic acids is 1. The van der Waals surface area contributed by atoms with Gasteiger partial charge in [0.1, 0.15) is 11.7 Å². The summed E-state index contributed by atoms with van der Waals surface area (Å²) in [6.07, 6.45) is 3.56. The van der Waals surface area contributed by atoms with Crippen LogP contribution in [0.1, 0.15) is 40.1 Å². The number of carboxylic acids is 1. The Labute approximate surface area is 115 Å². The van der Waals surface area contributed by atoms with Crippen LogP contribution in [0.15, 0.2) is 18.3 Å². The van der Waals surface area contributed by atoms with Crippen LogP contribution in [0, 0.1) is 0 Å². The van der Waals surface area contributed by atoms with Crippen molar-refractivity contribution in [3.05, 3.63) is 29.6 Å². The molecule has 2 heterocycles. The molecule has 1 aliphatic rings. The summed E-state index contributed by atoms with van der Waals surface area (Å²) in [5, 5.41) is 14.3. The summed E-state index contributed by atoms with van der Waals surface area (Å²) in [5.74, 6) is -2.12. The lowest BCUT2D eigenvalue weighted by Gasteiger charge is -2.15. The molecule has 1 aliphatic heterocycles. The van der Waals surface area contributed by atoms with E-state index in [9.17, 15) is 14.4 Å². The number of rotatable bonds is 3. The minimum Gasteiger partial charge on any atom is -0.478 e. The van der Waals surface area contributed by atoms with Gasteiger partial charge in [-0.3, -0.25) is 14.6 Å². The van der Waals surface area contributed by atoms with Crippen molar-refractivity contribution < 1.29 is 19.5 Å². The quantitative estimate of drug-likeness (QED) is 0.730. The van der Waals surface area contributed by atoms with E-state index < -0.39 is 17.9 Å². The summed E-state index contributed by atoms with van der Waals surface area (Å²) in [5.41, 5.74) is -0.365. The Morgan fingerprint density at radius 2 is 2.20 bits per heavy atom. The monoisotopic (exact) mass is 277 g/mol. The number of nitrogens with one attached hydrogen (secondary N) is 2. The van der Waals surface area contributed by atoms with Gasteiger partial charge in [0.25, 0.3) is 5.91 Å². The highest BCUT2D eigenvalue weighted by molar-refractivity contribution is 6.04. The molecule has 0 saturated carbocycles. The van der Waals surface area contributed by atoms with Gasteiger partial charge in [-0.25, -0.2) is 4.79 Å². The van der Waals surface area contributed by atoms with Crippen molar-refractivity contribution in [1.29, 1.82) is 0 Å². The van der Waals surface area contributed by atoms with E-state index in [-0.39, 0.29) is 17.2 Å². The minimum absolute atomic E-state index is 0.181. The molecule has 1 unspecified atom stereocenters. The lowest BCUT2D eigenvalue weighted by atomic mass is 10.1. The van der Waals surface area contributed by atoms with Gasteiger partial charge in [0.15, 0.2) is 0 Å². The summed E-state index contributed by atoms with van der Waals surface area (Å²) in [7, 11) is 0. The van der Waals surface area contributed by atoms with Crippen LogP contribution in [0.25, 0.3) is 0 Å². The van der Waals surface area contributed by atoms with E-state index in [2.05, 4.69) is 15.6 Å². The normalized spacial score (nSPS) is 18.8. The van der Waals surface area contributed by atoms with Crippen molar-refractivity contribution in [2.45, 2.75) is 25.3 Å². The molecule has 3 N–H and O–H groups in total. The number of hydrogen-bond acceptors (Lipinski definition) is 4. The van der Waals surface area contributed by atoms with Gasteiger partial charge < -0.3 is 15.7 Å². The number of amides is 2. The summed E-state index contributed by atoms with van der Waals surface area (Å²) in [4.78, 5) is 38.6. The van der Waals surface area contributed by atoms with Gasteiger partial charge in [0.05, 0.1) is 5.56 Å². The van der Waals surface area contributed by atoms with Crippen molar-refractivity contribution >= 4 is 17.8 Å². The average molecular weight is 277 g/mol. The topological polar surface area (TPSA) is 108 Å². The maximum atomic E-state index is 12.1. The zero-order chi connectivity index (χ0) is 14.5. The molecule has 0 radical (unpaired) electrons. The fourth-order valence-electron chi connectivity index (χ4n) is 2.06. The number of carbonyl (C=O) groups is 3. The third kappa shape index (κ3) is 3.11. The van der Waals surface area contributed by atoms with Crippen molar-refractivity contribution in [1.82, 2.24) is 15.6 Å². The van der Waals surface area contributed by atoms with E-state index in [1.807, 2.05) is 0 Å². The van der Waals surface area contributed by atoms with Crippen LogP contribution >= 0.6 is 0 Å². The highest BCUT2D eigenvalue weighted by Gasteiger charge is 2.25. The fraction of sp³-hybridized carbons (Fsp3) is 0.385. The van der Waals surface area contributed by atoms with E-state index in [1.165, 1.54) is 18.3 Å². The first kappa shape index (κ1) is 14.0. The second-order valence-electron chi connectivity index (χ2n) is 4.52. The first-order chi connectivity index (χ1) is 9.59. The molecule has 20 heavy (non-hydrogen) atoms. The molecule has 0 aliphatic carbocycles. The van der Waals surface area contributed by atoms with Crippen molar-refractivity contribution in [2.75, 3.05) is 6.54 Å². The first-order valence-corrected chi connectivity index (χ1v) is 6.36. The zero-order valence-electron chi connectivity index (χ0n) is 10.8. The van der Waals surface area contributed by atoms with E-state index in [0.717, 1.165) is 12.8 Å².